The molecule has 0 aliphatic carbocycles. The smallest absolute Gasteiger partial charge is 0.313 e. The fourth-order valence-corrected chi connectivity index (χ4v) is 6.21. The molecule has 37 heavy (non-hydrogen) atoms. The lowest BCUT2D eigenvalue weighted by Gasteiger charge is -2.15. The number of aromatic nitrogens is 6. The Hall–Kier alpha value is -3.35. The van der Waals surface area contributed by atoms with E-state index in [9.17, 15) is 14.7 Å². The molecule has 194 valence electrons. The van der Waals surface area contributed by atoms with Crippen LogP contribution in [0.5, 0.6) is 0 Å². The van der Waals surface area contributed by atoms with E-state index in [1.165, 1.54) is 16.0 Å². The van der Waals surface area contributed by atoms with Crippen LogP contribution in [0.25, 0.3) is 32.2 Å². The molecule has 5 aromatic rings. The maximum Gasteiger partial charge on any atom is 0.313 e. The number of carboxylic acid groups (broad SMARTS) is 1. The van der Waals surface area contributed by atoms with E-state index in [-0.39, 0.29) is 5.56 Å². The van der Waals surface area contributed by atoms with Crippen molar-refractivity contribution in [1.29, 1.82) is 0 Å². The molecule has 0 spiro atoms. The average Bonchev–Trinajstić information content (AvgIpc) is 3.52. The maximum absolute atomic E-state index is 13.5. The molecule has 0 saturated carbocycles. The van der Waals surface area contributed by atoms with Crippen LogP contribution in [-0.2, 0) is 29.9 Å². The van der Waals surface area contributed by atoms with Gasteiger partial charge in [0, 0.05) is 32.5 Å². The summed E-state index contributed by atoms with van der Waals surface area (Å²) in [6, 6.07) is 7.03. The van der Waals surface area contributed by atoms with E-state index in [4.69, 9.17) is 4.74 Å². The molecule has 0 saturated heterocycles. The largest absolute Gasteiger partial charge is 0.481 e. The van der Waals surface area contributed by atoms with Gasteiger partial charge in [-0.15, -0.1) is 11.3 Å². The highest BCUT2D eigenvalue weighted by Gasteiger charge is 2.23. The number of carboxylic acids is 1. The third kappa shape index (κ3) is 4.71. The number of ether oxygens (including phenoxy) is 1. The van der Waals surface area contributed by atoms with Gasteiger partial charge in [0.1, 0.15) is 23.2 Å². The van der Waals surface area contributed by atoms with Crippen LogP contribution >= 0.6 is 11.3 Å². The van der Waals surface area contributed by atoms with Crippen LogP contribution < -0.4 is 5.56 Å². The summed E-state index contributed by atoms with van der Waals surface area (Å²) < 4.78 is 11.7. The van der Waals surface area contributed by atoms with E-state index >= 15 is 0 Å². The molecule has 5 rings (SSSR count). The van der Waals surface area contributed by atoms with E-state index in [1.54, 1.807) is 24.7 Å². The molecular weight excluding hydrogens is 508 g/mol. The number of hydrogen-bond donors (Lipinski definition) is 1. The number of aryl methyl sites for hydroxylation is 1. The number of benzene rings is 1. The Morgan fingerprint density at radius 1 is 1.16 bits per heavy atom. The number of hydrogen-bond acceptors (Lipinski definition) is 7. The van der Waals surface area contributed by atoms with Gasteiger partial charge >= 0.3 is 5.97 Å². The van der Waals surface area contributed by atoms with Gasteiger partial charge in [0.05, 0.1) is 29.2 Å². The van der Waals surface area contributed by atoms with Crippen LogP contribution in [0, 0.1) is 0 Å². The fraction of sp³-hybridized carbons (Fsp3) is 0.400. The topological polar surface area (TPSA) is 117 Å². The lowest BCUT2D eigenvalue weighted by Crippen LogP contribution is -2.24. The van der Waals surface area contributed by atoms with Crippen molar-refractivity contribution in [1.82, 2.24) is 29.1 Å². The van der Waals surface area contributed by atoms with Gasteiger partial charge in [-0.25, -0.2) is 14.3 Å². The van der Waals surface area contributed by atoms with Crippen molar-refractivity contribution in [3.05, 3.63) is 51.5 Å². The highest BCUT2D eigenvalue weighted by atomic mass is 32.1. The molecule has 0 bridgehead atoms. The van der Waals surface area contributed by atoms with Crippen LogP contribution in [0.15, 0.2) is 35.4 Å². The third-order valence-corrected chi connectivity index (χ3v) is 9.56. The van der Waals surface area contributed by atoms with E-state index in [2.05, 4.69) is 34.8 Å². The highest BCUT2D eigenvalue weighted by Crippen LogP contribution is 2.34. The average molecular weight is 539 g/mol. The molecule has 4 heterocycles. The molecule has 1 atom stereocenters. The highest BCUT2D eigenvalue weighted by molar-refractivity contribution is 7.19. The Kier molecular flexibility index (Phi) is 6.50. The first-order valence-electron chi connectivity index (χ1n) is 12.1. The molecule has 0 aliphatic rings. The van der Waals surface area contributed by atoms with E-state index in [1.807, 2.05) is 29.1 Å². The van der Waals surface area contributed by atoms with E-state index in [0.717, 1.165) is 33.8 Å². The fourth-order valence-electron chi connectivity index (χ4n) is 4.30. The van der Waals surface area contributed by atoms with Crippen LogP contribution in [0.1, 0.15) is 23.4 Å². The molecule has 1 unspecified atom stereocenters. The summed E-state index contributed by atoms with van der Waals surface area (Å²) >= 11 is 1.29. The first kappa shape index (κ1) is 25.3. The van der Waals surface area contributed by atoms with Gasteiger partial charge in [-0.3, -0.25) is 9.59 Å². The van der Waals surface area contributed by atoms with Gasteiger partial charge < -0.3 is 14.4 Å². The Morgan fingerprint density at radius 2 is 1.89 bits per heavy atom. The van der Waals surface area contributed by atoms with Crippen molar-refractivity contribution >= 4 is 57.5 Å². The van der Waals surface area contributed by atoms with E-state index in [0.29, 0.717) is 34.8 Å². The molecule has 10 nitrogen and oxygen atoms in total. The predicted octanol–water partition coefficient (Wildman–Crippen LogP) is 4.24. The molecular formula is C25H30N6O4SSi. The third-order valence-electron chi connectivity index (χ3n) is 6.59. The summed E-state index contributed by atoms with van der Waals surface area (Å²) in [5.41, 5.74) is 2.75. The predicted molar refractivity (Wildman–Crippen MR) is 147 cm³/mol. The number of fused-ring (bicyclic) bond motifs is 4. The first-order chi connectivity index (χ1) is 17.5. The normalized spacial score (nSPS) is 13.2. The lowest BCUT2D eigenvalue weighted by molar-refractivity contribution is -0.138. The van der Waals surface area contributed by atoms with Gasteiger partial charge in [-0.05, 0) is 24.6 Å². The Bertz CT molecular complexity index is 1690. The molecule has 12 heteroatoms. The number of carbonyl (C=O) groups is 1. The summed E-state index contributed by atoms with van der Waals surface area (Å²) in [6.45, 7) is 9.98. The van der Waals surface area contributed by atoms with Crippen molar-refractivity contribution in [2.45, 2.75) is 51.8 Å². The molecule has 0 amide bonds. The molecule has 1 N–H and O–H groups in total. The summed E-state index contributed by atoms with van der Waals surface area (Å²) in [4.78, 5) is 29.4. The molecule has 1 aromatic carbocycles. The zero-order chi connectivity index (χ0) is 26.5. The van der Waals surface area contributed by atoms with E-state index < -0.39 is 20.0 Å². The maximum atomic E-state index is 13.5. The summed E-state index contributed by atoms with van der Waals surface area (Å²) in [7, 11) is 0.620. The molecule has 0 radical (unpaired) electrons. The zero-order valence-electron chi connectivity index (χ0n) is 21.6. The second kappa shape index (κ2) is 9.51. The standard InChI is InChI=1S/C25H30N6O4SSi/c1-15(25(33)34)23-28-22-21(36-23)18-12-26-30(24(32)20(18)29(22)2)13-16-7-6-8-19-17(16)11-27-31(19)14-35-9-10-37(3,4)5/h6-8,11-12,15H,9-10,13-14H2,1-5H3,(H,33,34). The van der Waals surface area contributed by atoms with Crippen molar-refractivity contribution < 1.29 is 14.6 Å². The summed E-state index contributed by atoms with van der Waals surface area (Å²) in [5.74, 6) is -1.65. The minimum atomic E-state index is -1.16. The first-order valence-corrected chi connectivity index (χ1v) is 16.7. The Labute approximate surface area is 218 Å². The zero-order valence-corrected chi connectivity index (χ0v) is 23.4. The van der Waals surface area contributed by atoms with Crippen LogP contribution in [0.3, 0.4) is 0 Å². The van der Waals surface area contributed by atoms with Crippen molar-refractivity contribution in [3.63, 3.8) is 0 Å². The summed E-state index contributed by atoms with van der Waals surface area (Å²) in [5, 5.41) is 20.5. The minimum absolute atomic E-state index is 0.225. The van der Waals surface area contributed by atoms with Crippen molar-refractivity contribution in [2.75, 3.05) is 6.61 Å². The van der Waals surface area contributed by atoms with Crippen molar-refractivity contribution in [2.24, 2.45) is 7.05 Å². The number of nitrogens with zero attached hydrogens (tertiary/aromatic N) is 6. The number of aliphatic carboxylic acids is 1. The second-order valence-corrected chi connectivity index (χ2v) is 17.2. The molecule has 0 aliphatic heterocycles. The van der Waals surface area contributed by atoms with Gasteiger partial charge in [-0.1, -0.05) is 31.8 Å². The van der Waals surface area contributed by atoms with Crippen LogP contribution in [-0.4, -0.2) is 54.9 Å². The number of rotatable bonds is 9. The van der Waals surface area contributed by atoms with Gasteiger partial charge in [-0.2, -0.15) is 10.2 Å². The second-order valence-electron chi connectivity index (χ2n) is 10.5. The number of thiazole rings is 1. The Balaban J connectivity index is 1.44. The minimum Gasteiger partial charge on any atom is -0.481 e. The van der Waals surface area contributed by atoms with Crippen molar-refractivity contribution in [3.8, 4) is 0 Å². The quantitative estimate of drug-likeness (QED) is 0.220. The van der Waals surface area contributed by atoms with Gasteiger partial charge in [0.25, 0.3) is 5.56 Å². The lowest BCUT2D eigenvalue weighted by atomic mass is 10.1. The SMILES string of the molecule is CC(C(=O)O)c1nc2c(s1)c1cnn(Cc3cccc4c3cnn4COCC[Si](C)(C)C)c(=O)c1n2C. The van der Waals surface area contributed by atoms with Gasteiger partial charge in [0.15, 0.2) is 5.65 Å². The van der Waals surface area contributed by atoms with Crippen LogP contribution in [0.4, 0.5) is 0 Å². The summed E-state index contributed by atoms with van der Waals surface area (Å²) in [6.07, 6.45) is 3.48. The molecule has 0 fully saturated rings. The molecule has 4 aromatic heterocycles. The monoisotopic (exact) mass is 538 g/mol. The van der Waals surface area contributed by atoms with Gasteiger partial charge in [0.2, 0.25) is 0 Å². The Morgan fingerprint density at radius 3 is 2.62 bits per heavy atom. The van der Waals surface area contributed by atoms with Crippen LogP contribution in [0.2, 0.25) is 25.7 Å².